The van der Waals surface area contributed by atoms with Gasteiger partial charge in [0.1, 0.15) is 5.54 Å². The number of amides is 1. The molecule has 1 saturated heterocycles. The third kappa shape index (κ3) is 2.68. The number of nitrogens with one attached hydrogen (secondary N) is 1. The molecule has 0 saturated carbocycles. The first-order valence-corrected chi connectivity index (χ1v) is 6.01. The molecule has 2 rings (SSSR count). The summed E-state index contributed by atoms with van der Waals surface area (Å²) >= 11 is 3.12. The maximum atomic E-state index is 11.9. The molecule has 17 heavy (non-hydrogen) atoms. The Balaban J connectivity index is 2.09. The number of nitrogens with zero attached hydrogens (tertiary/aromatic N) is 1. The molecule has 0 radical (unpaired) electrons. The molecular weight excluding hydrogens is 288 g/mol. The van der Waals surface area contributed by atoms with Crippen LogP contribution in [-0.2, 0) is 4.74 Å². The molecule has 5 nitrogen and oxygen atoms in total. The lowest BCUT2D eigenvalue weighted by Gasteiger charge is -2.31. The van der Waals surface area contributed by atoms with Crippen LogP contribution in [0.4, 0.5) is 0 Å². The second-order valence-corrected chi connectivity index (χ2v) is 4.65. The number of rotatable bonds is 2. The largest absolute Gasteiger partial charge is 0.444 e. The molecular formula is C11H11BrN2O3. The third-order valence-electron chi connectivity index (χ3n) is 2.71. The summed E-state index contributed by atoms with van der Waals surface area (Å²) in [6, 6.07) is 5.36. The molecule has 0 aliphatic carbocycles. The van der Waals surface area contributed by atoms with Crippen LogP contribution in [0.3, 0.4) is 0 Å². The number of hydrogen-bond acceptors (Lipinski definition) is 4. The van der Waals surface area contributed by atoms with Crippen LogP contribution in [0.2, 0.25) is 0 Å². The number of ether oxygens (including phenoxy) is 1. The SMILES string of the molecule is N#CC1(NC(=O)c2ccc(Br)o2)CCOCC1. The quantitative estimate of drug-likeness (QED) is 0.904. The van der Waals surface area contributed by atoms with Gasteiger partial charge in [-0.1, -0.05) is 0 Å². The third-order valence-corrected chi connectivity index (χ3v) is 3.14. The minimum Gasteiger partial charge on any atom is -0.444 e. The van der Waals surface area contributed by atoms with E-state index < -0.39 is 5.54 Å². The van der Waals surface area contributed by atoms with Crippen molar-refractivity contribution in [3.63, 3.8) is 0 Å². The number of nitriles is 1. The minimum absolute atomic E-state index is 0.193. The van der Waals surface area contributed by atoms with Gasteiger partial charge in [-0.3, -0.25) is 4.79 Å². The van der Waals surface area contributed by atoms with Crippen LogP contribution in [0, 0.1) is 11.3 Å². The zero-order chi connectivity index (χ0) is 12.3. The van der Waals surface area contributed by atoms with Gasteiger partial charge >= 0.3 is 0 Å². The highest BCUT2D eigenvalue weighted by Crippen LogP contribution is 2.21. The lowest BCUT2D eigenvalue weighted by atomic mass is 9.91. The van der Waals surface area contributed by atoms with Gasteiger partial charge in [0.05, 0.1) is 6.07 Å². The van der Waals surface area contributed by atoms with E-state index in [-0.39, 0.29) is 11.7 Å². The van der Waals surface area contributed by atoms with Gasteiger partial charge in [0.15, 0.2) is 10.4 Å². The first-order chi connectivity index (χ1) is 8.15. The predicted octanol–water partition coefficient (Wildman–Crippen LogP) is 1.84. The number of halogens is 1. The predicted molar refractivity (Wildman–Crippen MR) is 62.3 cm³/mol. The van der Waals surface area contributed by atoms with Gasteiger partial charge in [-0.15, -0.1) is 0 Å². The molecule has 1 aromatic rings. The number of furan rings is 1. The van der Waals surface area contributed by atoms with Crippen molar-refractivity contribution >= 4 is 21.8 Å². The van der Waals surface area contributed by atoms with Gasteiger partial charge in [0.25, 0.3) is 5.91 Å². The van der Waals surface area contributed by atoms with E-state index in [0.29, 0.717) is 30.7 Å². The van der Waals surface area contributed by atoms with Crippen molar-refractivity contribution in [1.29, 1.82) is 5.26 Å². The van der Waals surface area contributed by atoms with E-state index in [1.54, 1.807) is 12.1 Å². The first kappa shape index (κ1) is 12.1. The summed E-state index contributed by atoms with van der Waals surface area (Å²) in [6.45, 7) is 0.964. The number of carbonyl (C=O) groups is 1. The van der Waals surface area contributed by atoms with E-state index in [1.165, 1.54) is 0 Å². The molecule has 0 atom stereocenters. The topological polar surface area (TPSA) is 75.3 Å². The fourth-order valence-corrected chi connectivity index (χ4v) is 2.01. The van der Waals surface area contributed by atoms with E-state index >= 15 is 0 Å². The Morgan fingerprint density at radius 3 is 2.71 bits per heavy atom. The molecule has 0 unspecified atom stereocenters. The van der Waals surface area contributed by atoms with Crippen LogP contribution < -0.4 is 5.32 Å². The highest BCUT2D eigenvalue weighted by atomic mass is 79.9. The van der Waals surface area contributed by atoms with Crippen LogP contribution >= 0.6 is 15.9 Å². The molecule has 90 valence electrons. The van der Waals surface area contributed by atoms with Crippen molar-refractivity contribution in [2.75, 3.05) is 13.2 Å². The zero-order valence-corrected chi connectivity index (χ0v) is 10.6. The number of carbonyl (C=O) groups excluding carboxylic acids is 1. The van der Waals surface area contributed by atoms with E-state index in [9.17, 15) is 10.1 Å². The lowest BCUT2D eigenvalue weighted by molar-refractivity contribution is 0.0521. The minimum atomic E-state index is -0.839. The Labute approximate surface area is 107 Å². The van der Waals surface area contributed by atoms with Crippen molar-refractivity contribution in [2.24, 2.45) is 0 Å². The van der Waals surface area contributed by atoms with Gasteiger partial charge in [0, 0.05) is 26.1 Å². The van der Waals surface area contributed by atoms with Gasteiger partial charge in [0.2, 0.25) is 0 Å². The first-order valence-electron chi connectivity index (χ1n) is 5.22. The highest BCUT2D eigenvalue weighted by Gasteiger charge is 2.35. The van der Waals surface area contributed by atoms with Gasteiger partial charge < -0.3 is 14.5 Å². The smallest absolute Gasteiger partial charge is 0.288 e. The van der Waals surface area contributed by atoms with Crippen molar-refractivity contribution in [3.8, 4) is 6.07 Å². The molecule has 1 fully saturated rings. The summed E-state index contributed by atoms with van der Waals surface area (Å²) in [6.07, 6.45) is 0.994. The molecule has 1 aliphatic rings. The van der Waals surface area contributed by atoms with Crippen LogP contribution in [0.1, 0.15) is 23.4 Å². The molecule has 1 aliphatic heterocycles. The Hall–Kier alpha value is -1.32. The average molecular weight is 299 g/mol. The van der Waals surface area contributed by atoms with Crippen LogP contribution in [0.5, 0.6) is 0 Å². The Morgan fingerprint density at radius 1 is 1.47 bits per heavy atom. The molecule has 2 heterocycles. The van der Waals surface area contributed by atoms with Gasteiger partial charge in [-0.25, -0.2) is 0 Å². The maximum Gasteiger partial charge on any atom is 0.288 e. The molecule has 1 aromatic heterocycles. The summed E-state index contributed by atoms with van der Waals surface area (Å²) in [5.74, 6) is -0.183. The molecule has 0 bridgehead atoms. The Morgan fingerprint density at radius 2 is 2.18 bits per heavy atom. The van der Waals surface area contributed by atoms with E-state index in [0.717, 1.165) is 0 Å². The average Bonchev–Trinajstić information content (AvgIpc) is 2.77. The highest BCUT2D eigenvalue weighted by molar-refractivity contribution is 9.10. The Kier molecular flexibility index (Phi) is 3.50. The van der Waals surface area contributed by atoms with Gasteiger partial charge in [-0.05, 0) is 28.1 Å². The van der Waals surface area contributed by atoms with E-state index in [2.05, 4.69) is 27.3 Å². The molecule has 1 amide bonds. The fraction of sp³-hybridized carbons (Fsp3) is 0.455. The van der Waals surface area contributed by atoms with Crippen molar-refractivity contribution in [1.82, 2.24) is 5.32 Å². The zero-order valence-electron chi connectivity index (χ0n) is 9.03. The summed E-state index contributed by atoms with van der Waals surface area (Å²) < 4.78 is 10.8. The van der Waals surface area contributed by atoms with E-state index in [4.69, 9.17) is 9.15 Å². The van der Waals surface area contributed by atoms with Crippen LogP contribution in [0.25, 0.3) is 0 Å². The standard InChI is InChI=1S/C11H11BrN2O3/c12-9-2-1-8(17-9)10(15)14-11(7-13)3-5-16-6-4-11/h1-2H,3-6H2,(H,14,15). The molecule has 6 heteroatoms. The van der Waals surface area contributed by atoms with Crippen molar-refractivity contribution in [2.45, 2.75) is 18.4 Å². The second-order valence-electron chi connectivity index (χ2n) is 3.86. The summed E-state index contributed by atoms with van der Waals surface area (Å²) in [5, 5.41) is 11.9. The molecule has 1 N–H and O–H groups in total. The maximum absolute atomic E-state index is 11.9. The fourth-order valence-electron chi connectivity index (χ4n) is 1.70. The normalized spacial score (nSPS) is 18.4. The van der Waals surface area contributed by atoms with Gasteiger partial charge in [-0.2, -0.15) is 5.26 Å². The monoisotopic (exact) mass is 298 g/mol. The number of hydrogen-bond donors (Lipinski definition) is 1. The molecule has 0 aromatic carbocycles. The summed E-state index contributed by atoms with van der Waals surface area (Å²) in [5.41, 5.74) is -0.839. The lowest BCUT2D eigenvalue weighted by Crippen LogP contribution is -2.50. The summed E-state index contributed by atoms with van der Waals surface area (Å²) in [4.78, 5) is 11.9. The summed E-state index contributed by atoms with van der Waals surface area (Å²) in [7, 11) is 0. The second kappa shape index (κ2) is 4.90. The molecule has 0 spiro atoms. The van der Waals surface area contributed by atoms with Crippen LogP contribution in [-0.4, -0.2) is 24.7 Å². The Bertz CT molecular complexity index is 458. The van der Waals surface area contributed by atoms with Crippen molar-refractivity contribution in [3.05, 3.63) is 22.6 Å². The van der Waals surface area contributed by atoms with E-state index in [1.807, 2.05) is 0 Å². The van der Waals surface area contributed by atoms with Crippen LogP contribution in [0.15, 0.2) is 21.2 Å². The van der Waals surface area contributed by atoms with Crippen molar-refractivity contribution < 1.29 is 13.9 Å².